The number of hydrogen-bond acceptors (Lipinski definition) is 4. The molecule has 1 saturated heterocycles. The summed E-state index contributed by atoms with van der Waals surface area (Å²) in [4.78, 5) is 33.9. The van der Waals surface area contributed by atoms with Gasteiger partial charge in [-0.1, -0.05) is 42.5 Å². The van der Waals surface area contributed by atoms with Crippen LogP contribution in [0.5, 0.6) is 5.75 Å². The second-order valence-electron chi connectivity index (χ2n) is 8.29. The Labute approximate surface area is 198 Å². The van der Waals surface area contributed by atoms with E-state index in [2.05, 4.69) is 4.98 Å². The lowest BCUT2D eigenvalue weighted by Crippen LogP contribution is -2.50. The van der Waals surface area contributed by atoms with Gasteiger partial charge in [-0.2, -0.15) is 0 Å². The summed E-state index contributed by atoms with van der Waals surface area (Å²) in [6.45, 7) is 2.47. The predicted molar refractivity (Wildman–Crippen MR) is 131 cm³/mol. The number of hydrogen-bond donors (Lipinski definition) is 0. The summed E-state index contributed by atoms with van der Waals surface area (Å²) >= 11 is 0. The minimum absolute atomic E-state index is 0.0130. The van der Waals surface area contributed by atoms with Crippen LogP contribution in [-0.2, 0) is 6.61 Å². The lowest BCUT2D eigenvalue weighted by molar-refractivity contribution is 0.0536. The maximum atomic E-state index is 13.2. The third-order valence-corrected chi connectivity index (χ3v) is 6.10. The molecule has 6 heteroatoms. The molecule has 0 radical (unpaired) electrons. The van der Waals surface area contributed by atoms with Crippen molar-refractivity contribution >= 4 is 22.6 Å². The van der Waals surface area contributed by atoms with Gasteiger partial charge in [-0.25, -0.2) is 0 Å². The first-order valence-electron chi connectivity index (χ1n) is 11.4. The van der Waals surface area contributed by atoms with Gasteiger partial charge in [0.1, 0.15) is 12.4 Å². The molecule has 1 aliphatic heterocycles. The Morgan fingerprint density at radius 3 is 2.21 bits per heavy atom. The van der Waals surface area contributed by atoms with Crippen LogP contribution in [0.15, 0.2) is 91.3 Å². The van der Waals surface area contributed by atoms with Crippen LogP contribution < -0.4 is 4.74 Å². The third kappa shape index (κ3) is 4.62. The molecule has 0 atom stereocenters. The highest BCUT2D eigenvalue weighted by atomic mass is 16.5. The molecule has 0 spiro atoms. The highest BCUT2D eigenvalue weighted by Gasteiger charge is 2.26. The average Bonchev–Trinajstić information content (AvgIpc) is 2.92. The van der Waals surface area contributed by atoms with Crippen molar-refractivity contribution in [2.45, 2.75) is 6.61 Å². The van der Waals surface area contributed by atoms with Gasteiger partial charge in [0, 0.05) is 55.3 Å². The largest absolute Gasteiger partial charge is 0.489 e. The van der Waals surface area contributed by atoms with Crippen molar-refractivity contribution in [3.05, 3.63) is 108 Å². The quantitative estimate of drug-likeness (QED) is 0.451. The number of aromatic nitrogens is 1. The van der Waals surface area contributed by atoms with Gasteiger partial charge < -0.3 is 14.5 Å². The van der Waals surface area contributed by atoms with E-state index in [1.54, 1.807) is 29.4 Å². The number of nitrogens with zero attached hydrogens (tertiary/aromatic N) is 3. The van der Waals surface area contributed by atoms with E-state index in [4.69, 9.17) is 4.74 Å². The maximum Gasteiger partial charge on any atom is 0.254 e. The van der Waals surface area contributed by atoms with Crippen molar-refractivity contribution in [3.63, 3.8) is 0 Å². The molecule has 34 heavy (non-hydrogen) atoms. The zero-order valence-electron chi connectivity index (χ0n) is 18.8. The van der Waals surface area contributed by atoms with Crippen LogP contribution in [0.25, 0.3) is 10.8 Å². The molecule has 0 aliphatic carbocycles. The summed E-state index contributed by atoms with van der Waals surface area (Å²) < 4.78 is 5.78. The molecule has 0 unspecified atom stereocenters. The fourth-order valence-electron chi connectivity index (χ4n) is 4.22. The van der Waals surface area contributed by atoms with Crippen molar-refractivity contribution < 1.29 is 14.3 Å². The van der Waals surface area contributed by atoms with E-state index in [1.165, 1.54) is 0 Å². The Balaban J connectivity index is 1.18. The maximum absolute atomic E-state index is 13.2. The minimum Gasteiger partial charge on any atom is -0.489 e. The first kappa shape index (κ1) is 21.6. The minimum atomic E-state index is -0.0314. The van der Waals surface area contributed by atoms with Gasteiger partial charge in [-0.15, -0.1) is 0 Å². The lowest BCUT2D eigenvalue weighted by Gasteiger charge is -2.35. The van der Waals surface area contributed by atoms with Gasteiger partial charge in [-0.05, 0) is 47.2 Å². The summed E-state index contributed by atoms with van der Waals surface area (Å²) in [5, 5.41) is 2.01. The molecule has 4 aromatic rings. The Morgan fingerprint density at radius 1 is 0.765 bits per heavy atom. The van der Waals surface area contributed by atoms with Gasteiger partial charge in [-0.3, -0.25) is 14.6 Å². The Kier molecular flexibility index (Phi) is 6.21. The SMILES string of the molecule is O=C(c1ccc(OCc2cccnc2)cc1)N1CCN(C(=O)c2cccc3ccccc23)CC1. The predicted octanol–water partition coefficient (Wildman–Crippen LogP) is 4.41. The van der Waals surface area contributed by atoms with Crippen LogP contribution in [0.1, 0.15) is 26.3 Å². The Hall–Kier alpha value is -4.19. The standard InChI is InChI=1S/C28H25N3O3/c32-27(23-10-12-24(13-11-23)34-20-21-5-4-14-29-19-21)30-15-17-31(18-16-30)28(33)26-9-3-7-22-6-1-2-8-25(22)26/h1-14,19H,15-18,20H2. The van der Waals surface area contributed by atoms with Gasteiger partial charge in [0.25, 0.3) is 11.8 Å². The van der Waals surface area contributed by atoms with Crippen molar-refractivity contribution in [2.24, 2.45) is 0 Å². The van der Waals surface area contributed by atoms with E-state index >= 15 is 0 Å². The molecule has 5 rings (SSSR count). The van der Waals surface area contributed by atoms with E-state index in [1.807, 2.05) is 71.6 Å². The number of fused-ring (bicyclic) bond motifs is 1. The highest BCUT2D eigenvalue weighted by molar-refractivity contribution is 6.07. The molecular weight excluding hydrogens is 426 g/mol. The highest BCUT2D eigenvalue weighted by Crippen LogP contribution is 2.21. The van der Waals surface area contributed by atoms with Gasteiger partial charge in [0.15, 0.2) is 0 Å². The summed E-state index contributed by atoms with van der Waals surface area (Å²) in [5.41, 5.74) is 2.31. The first-order valence-corrected chi connectivity index (χ1v) is 11.4. The summed E-state index contributed by atoms with van der Waals surface area (Å²) in [7, 11) is 0. The molecule has 0 N–H and O–H groups in total. The number of rotatable bonds is 5. The average molecular weight is 452 g/mol. The van der Waals surface area contributed by atoms with Crippen molar-refractivity contribution in [1.29, 1.82) is 0 Å². The van der Waals surface area contributed by atoms with Crippen molar-refractivity contribution in [1.82, 2.24) is 14.8 Å². The fourth-order valence-corrected chi connectivity index (χ4v) is 4.22. The molecule has 170 valence electrons. The number of ether oxygens (including phenoxy) is 1. The molecule has 2 amide bonds. The van der Waals surface area contributed by atoms with E-state index in [0.29, 0.717) is 49.7 Å². The Bertz CT molecular complexity index is 1290. The molecule has 1 fully saturated rings. The van der Waals surface area contributed by atoms with Gasteiger partial charge >= 0.3 is 0 Å². The molecule has 1 aromatic heterocycles. The molecule has 6 nitrogen and oxygen atoms in total. The Morgan fingerprint density at radius 2 is 1.47 bits per heavy atom. The molecule has 1 aliphatic rings. The van der Waals surface area contributed by atoms with Crippen LogP contribution in [0.3, 0.4) is 0 Å². The molecule has 2 heterocycles. The summed E-state index contributed by atoms with van der Waals surface area (Å²) in [6.07, 6.45) is 3.49. The molecule has 0 bridgehead atoms. The van der Waals surface area contributed by atoms with Crippen molar-refractivity contribution in [2.75, 3.05) is 26.2 Å². The van der Waals surface area contributed by atoms with Crippen LogP contribution in [0.2, 0.25) is 0 Å². The second kappa shape index (κ2) is 9.75. The summed E-state index contributed by atoms with van der Waals surface area (Å²) in [6, 6.07) is 24.7. The first-order chi connectivity index (χ1) is 16.7. The number of carbonyl (C=O) groups excluding carboxylic acids is 2. The molecule has 3 aromatic carbocycles. The number of amides is 2. The zero-order chi connectivity index (χ0) is 23.3. The lowest BCUT2D eigenvalue weighted by atomic mass is 10.0. The van der Waals surface area contributed by atoms with Gasteiger partial charge in [0.2, 0.25) is 0 Å². The zero-order valence-corrected chi connectivity index (χ0v) is 18.8. The van der Waals surface area contributed by atoms with Crippen LogP contribution >= 0.6 is 0 Å². The molecule has 0 saturated carbocycles. The summed E-state index contributed by atoms with van der Waals surface area (Å²) in [5.74, 6) is 0.681. The normalized spacial score (nSPS) is 13.6. The molecular formula is C28H25N3O3. The topological polar surface area (TPSA) is 62.7 Å². The van der Waals surface area contributed by atoms with E-state index in [0.717, 1.165) is 16.3 Å². The number of piperazine rings is 1. The van der Waals surface area contributed by atoms with Crippen LogP contribution in [0.4, 0.5) is 0 Å². The smallest absolute Gasteiger partial charge is 0.254 e. The number of carbonyl (C=O) groups is 2. The van der Waals surface area contributed by atoms with E-state index in [-0.39, 0.29) is 11.8 Å². The fraction of sp³-hybridized carbons (Fsp3) is 0.179. The van der Waals surface area contributed by atoms with E-state index < -0.39 is 0 Å². The monoisotopic (exact) mass is 451 g/mol. The van der Waals surface area contributed by atoms with E-state index in [9.17, 15) is 9.59 Å². The third-order valence-electron chi connectivity index (χ3n) is 6.10. The number of benzene rings is 3. The van der Waals surface area contributed by atoms with Crippen LogP contribution in [-0.4, -0.2) is 52.8 Å². The van der Waals surface area contributed by atoms with Gasteiger partial charge in [0.05, 0.1) is 0 Å². The number of pyridine rings is 1. The second-order valence-corrected chi connectivity index (χ2v) is 8.29. The van der Waals surface area contributed by atoms with Crippen LogP contribution in [0, 0.1) is 0 Å². The van der Waals surface area contributed by atoms with Crippen molar-refractivity contribution in [3.8, 4) is 5.75 Å².